The zero-order valence-corrected chi connectivity index (χ0v) is 13.6. The van der Waals surface area contributed by atoms with Gasteiger partial charge in [0.2, 0.25) is 0 Å². The smallest absolute Gasteiger partial charge is 0.315 e. The average Bonchev–Trinajstić information content (AvgIpc) is 2.59. The largest absolute Gasteiger partial charge is 0.497 e. The number of urea groups is 1. The Morgan fingerprint density at radius 2 is 1.65 bits per heavy atom. The van der Waals surface area contributed by atoms with Crippen molar-refractivity contribution >= 4 is 17.6 Å². The fourth-order valence-corrected chi connectivity index (χ4v) is 1.98. The lowest BCUT2D eigenvalue weighted by atomic mass is 10.2. The molecule has 0 bridgehead atoms. The van der Waals surface area contributed by atoms with Crippen molar-refractivity contribution in [2.24, 2.45) is 0 Å². The van der Waals surface area contributed by atoms with Crippen molar-refractivity contribution in [2.45, 2.75) is 6.54 Å². The number of benzene rings is 2. The van der Waals surface area contributed by atoms with E-state index in [4.69, 9.17) is 21.1 Å². The van der Waals surface area contributed by atoms with Crippen LogP contribution in [-0.2, 0) is 6.54 Å². The van der Waals surface area contributed by atoms with Crippen LogP contribution in [0.2, 0.25) is 5.02 Å². The molecule has 0 saturated carbocycles. The molecule has 122 valence electrons. The van der Waals surface area contributed by atoms with Gasteiger partial charge in [-0.1, -0.05) is 23.7 Å². The molecule has 23 heavy (non-hydrogen) atoms. The molecule has 0 spiro atoms. The first kappa shape index (κ1) is 17.0. The maximum atomic E-state index is 11.7. The molecule has 0 heterocycles. The van der Waals surface area contributed by atoms with Crippen molar-refractivity contribution in [1.82, 2.24) is 10.6 Å². The van der Waals surface area contributed by atoms with Gasteiger partial charge in [-0.15, -0.1) is 0 Å². The van der Waals surface area contributed by atoms with Gasteiger partial charge in [-0.3, -0.25) is 0 Å². The quantitative estimate of drug-likeness (QED) is 0.764. The Morgan fingerprint density at radius 1 is 1.00 bits per heavy atom. The summed E-state index contributed by atoms with van der Waals surface area (Å²) in [6.07, 6.45) is 0. The van der Waals surface area contributed by atoms with E-state index in [2.05, 4.69) is 10.6 Å². The summed E-state index contributed by atoms with van der Waals surface area (Å²) in [4.78, 5) is 11.7. The van der Waals surface area contributed by atoms with Crippen LogP contribution in [0.15, 0.2) is 48.5 Å². The van der Waals surface area contributed by atoms with Crippen LogP contribution in [0.4, 0.5) is 4.79 Å². The van der Waals surface area contributed by atoms with Crippen molar-refractivity contribution in [3.05, 3.63) is 59.1 Å². The predicted molar refractivity (Wildman–Crippen MR) is 90.2 cm³/mol. The molecule has 0 aliphatic rings. The molecule has 0 saturated heterocycles. The zero-order chi connectivity index (χ0) is 16.5. The summed E-state index contributed by atoms with van der Waals surface area (Å²) in [6, 6.07) is 14.4. The van der Waals surface area contributed by atoms with Crippen molar-refractivity contribution in [3.63, 3.8) is 0 Å². The third kappa shape index (κ3) is 6.08. The van der Waals surface area contributed by atoms with Crippen LogP contribution >= 0.6 is 11.6 Å². The minimum atomic E-state index is -0.236. The maximum Gasteiger partial charge on any atom is 0.315 e. The highest BCUT2D eigenvalue weighted by atomic mass is 35.5. The first-order chi connectivity index (χ1) is 11.2. The van der Waals surface area contributed by atoms with Crippen LogP contribution in [0.5, 0.6) is 11.5 Å². The molecule has 2 aromatic carbocycles. The Morgan fingerprint density at radius 3 is 2.30 bits per heavy atom. The number of halogens is 1. The monoisotopic (exact) mass is 334 g/mol. The van der Waals surface area contributed by atoms with E-state index in [1.54, 1.807) is 31.4 Å². The maximum absolute atomic E-state index is 11.7. The third-order valence-corrected chi connectivity index (χ3v) is 3.33. The van der Waals surface area contributed by atoms with Gasteiger partial charge < -0.3 is 20.1 Å². The van der Waals surface area contributed by atoms with Gasteiger partial charge in [-0.05, 0) is 42.0 Å². The number of hydrogen-bond acceptors (Lipinski definition) is 3. The van der Waals surface area contributed by atoms with Gasteiger partial charge in [0.15, 0.2) is 0 Å². The molecule has 2 N–H and O–H groups in total. The fraction of sp³-hybridized carbons (Fsp3) is 0.235. The van der Waals surface area contributed by atoms with Crippen molar-refractivity contribution in [3.8, 4) is 11.5 Å². The molecule has 0 unspecified atom stereocenters. The highest BCUT2D eigenvalue weighted by Gasteiger charge is 2.01. The number of carbonyl (C=O) groups excluding carboxylic acids is 1. The number of amides is 2. The van der Waals surface area contributed by atoms with Crippen LogP contribution in [0.25, 0.3) is 0 Å². The molecule has 2 rings (SSSR count). The van der Waals surface area contributed by atoms with Crippen LogP contribution < -0.4 is 20.1 Å². The summed E-state index contributed by atoms with van der Waals surface area (Å²) in [5, 5.41) is 6.17. The molecule has 2 aromatic rings. The highest BCUT2D eigenvalue weighted by molar-refractivity contribution is 6.30. The number of nitrogens with one attached hydrogen (secondary N) is 2. The molecular weight excluding hydrogens is 316 g/mol. The number of methoxy groups -OCH3 is 1. The van der Waals surface area contributed by atoms with Gasteiger partial charge in [0.25, 0.3) is 0 Å². The molecule has 0 fully saturated rings. The number of hydrogen-bond donors (Lipinski definition) is 2. The van der Waals surface area contributed by atoms with E-state index in [9.17, 15) is 4.79 Å². The second-order valence-corrected chi connectivity index (χ2v) is 5.20. The summed E-state index contributed by atoms with van der Waals surface area (Å²) >= 11 is 5.79. The molecule has 5 nitrogen and oxygen atoms in total. The van der Waals surface area contributed by atoms with E-state index < -0.39 is 0 Å². The Kier molecular flexibility index (Phi) is 6.56. The number of carbonyl (C=O) groups is 1. The van der Waals surface area contributed by atoms with Crippen molar-refractivity contribution in [1.29, 1.82) is 0 Å². The second-order valence-electron chi connectivity index (χ2n) is 4.76. The predicted octanol–water partition coefficient (Wildman–Crippen LogP) is 3.23. The SMILES string of the molecule is COc1ccc(CNC(=O)NCCOc2ccc(Cl)cc2)cc1. The van der Waals surface area contributed by atoms with Crippen LogP contribution in [0.1, 0.15) is 5.56 Å². The average molecular weight is 335 g/mol. The Balaban J connectivity index is 1.62. The van der Waals surface area contributed by atoms with Gasteiger partial charge in [0, 0.05) is 11.6 Å². The lowest BCUT2D eigenvalue weighted by Crippen LogP contribution is -2.37. The Hall–Kier alpha value is -2.40. The van der Waals surface area contributed by atoms with Crippen molar-refractivity contribution in [2.75, 3.05) is 20.3 Å². The molecular formula is C17H19ClN2O3. The first-order valence-corrected chi connectivity index (χ1v) is 7.58. The van der Waals surface area contributed by atoms with Gasteiger partial charge in [0.05, 0.1) is 13.7 Å². The molecule has 0 aromatic heterocycles. The van der Waals surface area contributed by atoms with Crippen LogP contribution in [0.3, 0.4) is 0 Å². The molecule has 0 aliphatic heterocycles. The summed E-state index contributed by atoms with van der Waals surface area (Å²) in [5.41, 5.74) is 0.998. The zero-order valence-electron chi connectivity index (χ0n) is 12.8. The normalized spacial score (nSPS) is 10.0. The summed E-state index contributed by atoms with van der Waals surface area (Å²) < 4.78 is 10.6. The first-order valence-electron chi connectivity index (χ1n) is 7.20. The molecule has 2 amide bonds. The third-order valence-electron chi connectivity index (χ3n) is 3.08. The summed E-state index contributed by atoms with van der Waals surface area (Å²) in [5.74, 6) is 1.51. The van der Waals surface area contributed by atoms with E-state index in [1.807, 2.05) is 24.3 Å². The van der Waals surface area contributed by atoms with E-state index in [-0.39, 0.29) is 6.03 Å². The molecule has 0 aliphatic carbocycles. The summed E-state index contributed by atoms with van der Waals surface area (Å²) in [7, 11) is 1.62. The highest BCUT2D eigenvalue weighted by Crippen LogP contribution is 2.15. The molecule has 0 atom stereocenters. The standard InChI is InChI=1S/C17H19ClN2O3/c1-22-15-6-2-13(3-7-15)12-20-17(21)19-10-11-23-16-8-4-14(18)5-9-16/h2-9H,10-12H2,1H3,(H2,19,20,21). The van der Waals surface area contributed by atoms with Gasteiger partial charge >= 0.3 is 6.03 Å². The summed E-state index contributed by atoms with van der Waals surface area (Å²) in [6.45, 7) is 1.25. The second kappa shape index (κ2) is 8.90. The lowest BCUT2D eigenvalue weighted by molar-refractivity contribution is 0.236. The van der Waals surface area contributed by atoms with E-state index >= 15 is 0 Å². The van der Waals surface area contributed by atoms with Crippen molar-refractivity contribution < 1.29 is 14.3 Å². The Labute approximate surface area is 140 Å². The number of rotatable bonds is 7. The number of ether oxygens (including phenoxy) is 2. The van der Waals surface area contributed by atoms with E-state index in [1.165, 1.54) is 0 Å². The minimum Gasteiger partial charge on any atom is -0.497 e. The van der Waals surface area contributed by atoms with E-state index in [0.29, 0.717) is 24.7 Å². The minimum absolute atomic E-state index is 0.236. The van der Waals surface area contributed by atoms with Gasteiger partial charge in [-0.25, -0.2) is 4.79 Å². The fourth-order valence-electron chi connectivity index (χ4n) is 1.85. The van der Waals surface area contributed by atoms with Crippen LogP contribution in [-0.4, -0.2) is 26.3 Å². The van der Waals surface area contributed by atoms with Gasteiger partial charge in [-0.2, -0.15) is 0 Å². The topological polar surface area (TPSA) is 59.6 Å². The van der Waals surface area contributed by atoms with E-state index in [0.717, 1.165) is 17.1 Å². The molecule has 6 heteroatoms. The molecule has 0 radical (unpaired) electrons. The Bertz CT molecular complexity index is 615. The van der Waals surface area contributed by atoms with Crippen LogP contribution in [0, 0.1) is 0 Å². The lowest BCUT2D eigenvalue weighted by Gasteiger charge is -2.09. The van der Waals surface area contributed by atoms with Gasteiger partial charge in [0.1, 0.15) is 18.1 Å².